The van der Waals surface area contributed by atoms with Crippen molar-refractivity contribution in [3.8, 4) is 0 Å². The summed E-state index contributed by atoms with van der Waals surface area (Å²) in [5.74, 6) is 0.137. The molecule has 0 radical (unpaired) electrons. The maximum atomic E-state index is 12.4. The first-order chi connectivity index (χ1) is 13.4. The molecule has 2 amide bonds. The molecule has 0 saturated heterocycles. The van der Waals surface area contributed by atoms with Gasteiger partial charge in [0.05, 0.1) is 5.56 Å². The summed E-state index contributed by atoms with van der Waals surface area (Å²) in [4.78, 5) is 27.9. The van der Waals surface area contributed by atoms with Crippen molar-refractivity contribution in [2.24, 2.45) is 0 Å². The average molecular weight is 395 g/mol. The lowest BCUT2D eigenvalue weighted by atomic mass is 10.2. The number of nitrogens with one attached hydrogen (secondary N) is 3. The molecule has 0 unspecified atom stereocenters. The standard InChI is InChI=1S/C21H19ClN4O2/c1-13-6-8-16(22)10-19(13)26-20-9-7-15(12-23-20)21(28)25-18-5-3-4-17(11-18)24-14(2)27/h3-12H,1-2H3,(H,23,26)(H,24,27)(H,25,28). The third kappa shape index (κ3) is 5.08. The van der Waals surface area contributed by atoms with Crippen molar-refractivity contribution < 1.29 is 9.59 Å². The molecule has 3 aromatic rings. The molecule has 0 aliphatic rings. The molecule has 3 N–H and O–H groups in total. The zero-order valence-corrected chi connectivity index (χ0v) is 16.2. The Morgan fingerprint density at radius 2 is 1.71 bits per heavy atom. The predicted octanol–water partition coefficient (Wildman–Crippen LogP) is 5.00. The van der Waals surface area contributed by atoms with Crippen LogP contribution < -0.4 is 16.0 Å². The molecule has 142 valence electrons. The molecular formula is C21H19ClN4O2. The van der Waals surface area contributed by atoms with Gasteiger partial charge in [-0.3, -0.25) is 9.59 Å². The Kier molecular flexibility index (Phi) is 5.91. The first-order valence-electron chi connectivity index (χ1n) is 8.59. The molecule has 2 aromatic carbocycles. The lowest BCUT2D eigenvalue weighted by molar-refractivity contribution is -0.114. The van der Waals surface area contributed by atoms with E-state index in [4.69, 9.17) is 11.6 Å². The van der Waals surface area contributed by atoms with Gasteiger partial charge < -0.3 is 16.0 Å². The minimum atomic E-state index is -0.294. The van der Waals surface area contributed by atoms with Gasteiger partial charge in [-0.15, -0.1) is 0 Å². The molecule has 0 atom stereocenters. The maximum absolute atomic E-state index is 12.4. The summed E-state index contributed by atoms with van der Waals surface area (Å²) >= 11 is 6.03. The molecular weight excluding hydrogens is 376 g/mol. The second-order valence-corrected chi connectivity index (χ2v) is 6.67. The van der Waals surface area contributed by atoms with Crippen LogP contribution in [0.15, 0.2) is 60.8 Å². The Balaban J connectivity index is 1.68. The first-order valence-corrected chi connectivity index (χ1v) is 8.97. The fraction of sp³-hybridized carbons (Fsp3) is 0.0952. The van der Waals surface area contributed by atoms with Gasteiger partial charge in [-0.25, -0.2) is 4.98 Å². The van der Waals surface area contributed by atoms with Gasteiger partial charge in [0.15, 0.2) is 0 Å². The molecule has 1 aromatic heterocycles. The van der Waals surface area contributed by atoms with E-state index in [9.17, 15) is 9.59 Å². The minimum Gasteiger partial charge on any atom is -0.340 e. The van der Waals surface area contributed by atoms with Crippen molar-refractivity contribution in [1.29, 1.82) is 0 Å². The SMILES string of the molecule is CC(=O)Nc1cccc(NC(=O)c2ccc(Nc3cc(Cl)ccc3C)nc2)c1. The van der Waals surface area contributed by atoms with Crippen molar-refractivity contribution in [1.82, 2.24) is 4.98 Å². The lowest BCUT2D eigenvalue weighted by Gasteiger charge is -2.10. The minimum absolute atomic E-state index is 0.175. The smallest absolute Gasteiger partial charge is 0.257 e. The van der Waals surface area contributed by atoms with Crippen molar-refractivity contribution in [3.63, 3.8) is 0 Å². The second kappa shape index (κ2) is 8.54. The normalized spacial score (nSPS) is 10.2. The maximum Gasteiger partial charge on any atom is 0.257 e. The van der Waals surface area contributed by atoms with Crippen LogP contribution >= 0.6 is 11.6 Å². The highest BCUT2D eigenvalue weighted by Crippen LogP contribution is 2.23. The van der Waals surface area contributed by atoms with Crippen LogP contribution in [0, 0.1) is 6.92 Å². The van der Waals surface area contributed by atoms with Crippen molar-refractivity contribution >= 4 is 46.3 Å². The van der Waals surface area contributed by atoms with Gasteiger partial charge in [0.2, 0.25) is 5.91 Å². The predicted molar refractivity (Wildman–Crippen MR) is 112 cm³/mol. The number of rotatable bonds is 5. The Labute approximate surface area is 168 Å². The molecule has 7 heteroatoms. The Morgan fingerprint density at radius 3 is 2.39 bits per heavy atom. The van der Waals surface area contributed by atoms with Gasteiger partial charge in [0.1, 0.15) is 5.82 Å². The van der Waals surface area contributed by atoms with E-state index in [0.717, 1.165) is 11.3 Å². The van der Waals surface area contributed by atoms with E-state index >= 15 is 0 Å². The van der Waals surface area contributed by atoms with E-state index < -0.39 is 0 Å². The van der Waals surface area contributed by atoms with Crippen LogP contribution in [0.3, 0.4) is 0 Å². The quantitative estimate of drug-likeness (QED) is 0.568. The van der Waals surface area contributed by atoms with Crippen LogP contribution in [-0.2, 0) is 4.79 Å². The summed E-state index contributed by atoms with van der Waals surface area (Å²) in [6.45, 7) is 3.40. The number of hydrogen-bond acceptors (Lipinski definition) is 4. The van der Waals surface area contributed by atoms with Gasteiger partial charge >= 0.3 is 0 Å². The molecule has 0 aliphatic heterocycles. The van der Waals surface area contributed by atoms with E-state index in [2.05, 4.69) is 20.9 Å². The fourth-order valence-corrected chi connectivity index (χ4v) is 2.72. The summed E-state index contributed by atoms with van der Waals surface area (Å²) < 4.78 is 0. The van der Waals surface area contributed by atoms with Crippen LogP contribution in [-0.4, -0.2) is 16.8 Å². The van der Waals surface area contributed by atoms with E-state index in [-0.39, 0.29) is 11.8 Å². The third-order valence-electron chi connectivity index (χ3n) is 3.93. The second-order valence-electron chi connectivity index (χ2n) is 6.23. The zero-order chi connectivity index (χ0) is 20.1. The zero-order valence-electron chi connectivity index (χ0n) is 15.4. The van der Waals surface area contributed by atoms with Gasteiger partial charge in [-0.2, -0.15) is 0 Å². The number of pyridine rings is 1. The van der Waals surface area contributed by atoms with Gasteiger partial charge in [-0.1, -0.05) is 23.7 Å². The molecule has 0 saturated carbocycles. The number of hydrogen-bond donors (Lipinski definition) is 3. The third-order valence-corrected chi connectivity index (χ3v) is 4.16. The molecule has 0 spiro atoms. The van der Waals surface area contributed by atoms with E-state index in [0.29, 0.717) is 27.8 Å². The monoisotopic (exact) mass is 394 g/mol. The van der Waals surface area contributed by atoms with E-state index in [1.165, 1.54) is 13.1 Å². The Morgan fingerprint density at radius 1 is 0.964 bits per heavy atom. The average Bonchev–Trinajstić information content (AvgIpc) is 2.65. The lowest BCUT2D eigenvalue weighted by Crippen LogP contribution is -2.13. The number of nitrogens with zero attached hydrogens (tertiary/aromatic N) is 1. The highest BCUT2D eigenvalue weighted by Gasteiger charge is 2.08. The van der Waals surface area contributed by atoms with Crippen molar-refractivity contribution in [3.05, 3.63) is 76.9 Å². The van der Waals surface area contributed by atoms with Gasteiger partial charge in [0.25, 0.3) is 5.91 Å². The van der Waals surface area contributed by atoms with Crippen LogP contribution in [0.2, 0.25) is 5.02 Å². The summed E-state index contributed by atoms with van der Waals surface area (Å²) in [5, 5.41) is 9.28. The highest BCUT2D eigenvalue weighted by atomic mass is 35.5. The number of anilines is 4. The first kappa shape index (κ1) is 19.4. The summed E-state index contributed by atoms with van der Waals surface area (Å²) in [7, 11) is 0. The fourth-order valence-electron chi connectivity index (χ4n) is 2.55. The summed E-state index contributed by atoms with van der Waals surface area (Å²) in [6, 6.07) is 15.9. The number of aromatic nitrogens is 1. The van der Waals surface area contributed by atoms with Gasteiger partial charge in [-0.05, 0) is 55.0 Å². The molecule has 0 bridgehead atoms. The molecule has 3 rings (SSSR count). The Bertz CT molecular complexity index is 1020. The number of carbonyl (C=O) groups excluding carboxylic acids is 2. The molecule has 0 fully saturated rings. The molecule has 28 heavy (non-hydrogen) atoms. The highest BCUT2D eigenvalue weighted by molar-refractivity contribution is 6.30. The molecule has 0 aliphatic carbocycles. The van der Waals surface area contributed by atoms with E-state index in [1.807, 2.05) is 25.1 Å². The van der Waals surface area contributed by atoms with Crippen LogP contribution in [0.1, 0.15) is 22.8 Å². The Hall–Kier alpha value is -3.38. The van der Waals surface area contributed by atoms with Crippen LogP contribution in [0.5, 0.6) is 0 Å². The number of benzene rings is 2. The van der Waals surface area contributed by atoms with Crippen LogP contribution in [0.25, 0.3) is 0 Å². The largest absolute Gasteiger partial charge is 0.340 e. The number of aryl methyl sites for hydroxylation is 1. The summed E-state index contributed by atoms with van der Waals surface area (Å²) in [6.07, 6.45) is 1.50. The molecule has 6 nitrogen and oxygen atoms in total. The topological polar surface area (TPSA) is 83.1 Å². The number of carbonyl (C=O) groups is 2. The number of amides is 2. The number of halogens is 1. The van der Waals surface area contributed by atoms with Crippen LogP contribution in [0.4, 0.5) is 22.9 Å². The van der Waals surface area contributed by atoms with E-state index in [1.54, 1.807) is 36.4 Å². The molecule has 1 heterocycles. The van der Waals surface area contributed by atoms with Crippen molar-refractivity contribution in [2.45, 2.75) is 13.8 Å². The van der Waals surface area contributed by atoms with Gasteiger partial charge in [0, 0.05) is 35.2 Å². The van der Waals surface area contributed by atoms with Crippen molar-refractivity contribution in [2.75, 3.05) is 16.0 Å². The summed E-state index contributed by atoms with van der Waals surface area (Å²) in [5.41, 5.74) is 3.49.